The second-order valence-corrected chi connectivity index (χ2v) is 4.15. The number of aromatic amines is 1. The lowest BCUT2D eigenvalue weighted by atomic mass is 9.97. The number of nitrogens with one attached hydrogen (secondary N) is 1. The van der Waals surface area contributed by atoms with Crippen LogP contribution in [0.1, 0.15) is 17.4 Å². The first-order valence-electron chi connectivity index (χ1n) is 5.86. The van der Waals surface area contributed by atoms with E-state index in [0.29, 0.717) is 5.82 Å². The van der Waals surface area contributed by atoms with Gasteiger partial charge in [0.25, 0.3) is 0 Å². The fraction of sp³-hybridized carbons (Fsp3) is 0.154. The maximum absolute atomic E-state index is 6.24. The van der Waals surface area contributed by atoms with Crippen molar-refractivity contribution in [3.05, 3.63) is 47.8 Å². The molecule has 1 unspecified atom stereocenters. The summed E-state index contributed by atoms with van der Waals surface area (Å²) in [7, 11) is 1.62. The SMILES string of the molecule is COc1ccc2ccccc2c1C(N)c1nn[nH]n1. The van der Waals surface area contributed by atoms with E-state index >= 15 is 0 Å². The van der Waals surface area contributed by atoms with E-state index in [2.05, 4.69) is 20.6 Å². The number of aromatic nitrogens is 4. The summed E-state index contributed by atoms with van der Waals surface area (Å²) in [6, 6.07) is 11.4. The zero-order chi connectivity index (χ0) is 13.2. The summed E-state index contributed by atoms with van der Waals surface area (Å²) >= 11 is 0. The van der Waals surface area contributed by atoms with Gasteiger partial charge in [0.15, 0.2) is 5.82 Å². The molecule has 2 aromatic carbocycles. The highest BCUT2D eigenvalue weighted by Gasteiger charge is 2.20. The molecule has 0 aliphatic rings. The molecule has 0 spiro atoms. The van der Waals surface area contributed by atoms with E-state index in [0.717, 1.165) is 22.1 Å². The number of fused-ring (bicyclic) bond motifs is 1. The molecule has 0 bridgehead atoms. The molecule has 96 valence electrons. The predicted octanol–water partition coefficient (Wildman–Crippen LogP) is 1.41. The first kappa shape index (κ1) is 11.6. The minimum Gasteiger partial charge on any atom is -0.496 e. The Morgan fingerprint density at radius 2 is 2.05 bits per heavy atom. The monoisotopic (exact) mass is 255 g/mol. The molecule has 3 aromatic rings. The summed E-state index contributed by atoms with van der Waals surface area (Å²) in [6.45, 7) is 0. The molecular formula is C13H13N5O. The molecule has 3 N–H and O–H groups in total. The van der Waals surface area contributed by atoms with Crippen LogP contribution in [0.3, 0.4) is 0 Å². The topological polar surface area (TPSA) is 89.7 Å². The summed E-state index contributed by atoms with van der Waals surface area (Å²) in [6.07, 6.45) is 0. The molecule has 0 saturated carbocycles. The minimum atomic E-state index is -0.486. The van der Waals surface area contributed by atoms with E-state index in [1.165, 1.54) is 0 Å². The number of rotatable bonds is 3. The molecule has 1 atom stereocenters. The second-order valence-electron chi connectivity index (χ2n) is 4.15. The highest BCUT2D eigenvalue weighted by atomic mass is 16.5. The van der Waals surface area contributed by atoms with Gasteiger partial charge >= 0.3 is 0 Å². The quantitative estimate of drug-likeness (QED) is 0.738. The first-order chi connectivity index (χ1) is 9.31. The second kappa shape index (κ2) is 4.66. The number of benzene rings is 2. The number of H-pyrrole nitrogens is 1. The number of hydrogen-bond acceptors (Lipinski definition) is 5. The Morgan fingerprint density at radius 1 is 1.21 bits per heavy atom. The molecule has 0 fully saturated rings. The number of hydrogen-bond donors (Lipinski definition) is 2. The third kappa shape index (κ3) is 1.92. The van der Waals surface area contributed by atoms with Gasteiger partial charge in [-0.1, -0.05) is 35.5 Å². The number of tetrazole rings is 1. The van der Waals surface area contributed by atoms with Crippen LogP contribution in [0.5, 0.6) is 5.75 Å². The van der Waals surface area contributed by atoms with Gasteiger partial charge in [-0.2, -0.15) is 5.21 Å². The van der Waals surface area contributed by atoms with E-state index in [-0.39, 0.29) is 0 Å². The van der Waals surface area contributed by atoms with Crippen molar-refractivity contribution in [1.29, 1.82) is 0 Å². The molecule has 3 rings (SSSR count). The Bertz CT molecular complexity index is 695. The lowest BCUT2D eigenvalue weighted by molar-refractivity contribution is 0.408. The molecule has 0 saturated heterocycles. The summed E-state index contributed by atoms with van der Waals surface area (Å²) in [5.74, 6) is 1.16. The Labute approximate surface area is 109 Å². The number of nitrogens with two attached hydrogens (primary N) is 1. The summed E-state index contributed by atoms with van der Waals surface area (Å²) in [5, 5.41) is 16.0. The number of ether oxygens (including phenoxy) is 1. The third-order valence-electron chi connectivity index (χ3n) is 3.10. The van der Waals surface area contributed by atoms with Crippen LogP contribution < -0.4 is 10.5 Å². The normalized spacial score (nSPS) is 12.5. The van der Waals surface area contributed by atoms with Crippen molar-refractivity contribution in [2.24, 2.45) is 5.73 Å². The van der Waals surface area contributed by atoms with Crippen molar-refractivity contribution < 1.29 is 4.74 Å². The van der Waals surface area contributed by atoms with Gasteiger partial charge in [-0.25, -0.2) is 0 Å². The van der Waals surface area contributed by atoms with Crippen molar-refractivity contribution in [2.45, 2.75) is 6.04 Å². The molecule has 6 heteroatoms. The van der Waals surface area contributed by atoms with Crippen molar-refractivity contribution in [3.63, 3.8) is 0 Å². The van der Waals surface area contributed by atoms with E-state index in [1.807, 2.05) is 36.4 Å². The molecule has 6 nitrogen and oxygen atoms in total. The van der Waals surface area contributed by atoms with Gasteiger partial charge in [-0.3, -0.25) is 0 Å². The smallest absolute Gasteiger partial charge is 0.195 e. The zero-order valence-electron chi connectivity index (χ0n) is 10.4. The van der Waals surface area contributed by atoms with Crippen LogP contribution >= 0.6 is 0 Å². The van der Waals surface area contributed by atoms with Crippen molar-refractivity contribution in [3.8, 4) is 5.75 Å². The van der Waals surface area contributed by atoms with Crippen LogP contribution in [0, 0.1) is 0 Å². The standard InChI is InChI=1S/C13H13N5O/c1-19-10-7-6-8-4-2-3-5-9(8)11(10)12(14)13-15-17-18-16-13/h2-7,12H,14H2,1H3,(H,15,16,17,18). The summed E-state index contributed by atoms with van der Waals surface area (Å²) < 4.78 is 5.41. The average Bonchev–Trinajstić information content (AvgIpc) is 2.99. The van der Waals surface area contributed by atoms with Gasteiger partial charge < -0.3 is 10.5 Å². The van der Waals surface area contributed by atoms with Crippen molar-refractivity contribution in [1.82, 2.24) is 20.6 Å². The molecule has 19 heavy (non-hydrogen) atoms. The Balaban J connectivity index is 2.25. The highest BCUT2D eigenvalue weighted by Crippen LogP contribution is 2.33. The largest absolute Gasteiger partial charge is 0.496 e. The minimum absolute atomic E-state index is 0.439. The Kier molecular flexibility index (Phi) is 2.85. The van der Waals surface area contributed by atoms with Gasteiger partial charge in [0.05, 0.1) is 13.2 Å². The van der Waals surface area contributed by atoms with Gasteiger partial charge in [0.2, 0.25) is 0 Å². The van der Waals surface area contributed by atoms with Crippen molar-refractivity contribution >= 4 is 10.8 Å². The fourth-order valence-corrected chi connectivity index (χ4v) is 2.20. The van der Waals surface area contributed by atoms with Gasteiger partial charge in [0, 0.05) is 5.56 Å². The van der Waals surface area contributed by atoms with Crippen molar-refractivity contribution in [2.75, 3.05) is 7.11 Å². The maximum Gasteiger partial charge on any atom is 0.195 e. The van der Waals surface area contributed by atoms with Crippen LogP contribution in [-0.4, -0.2) is 27.7 Å². The van der Waals surface area contributed by atoms with E-state index < -0.39 is 6.04 Å². The third-order valence-corrected chi connectivity index (χ3v) is 3.10. The van der Waals surface area contributed by atoms with Gasteiger partial charge in [-0.15, -0.1) is 10.2 Å². The van der Waals surface area contributed by atoms with E-state index in [9.17, 15) is 0 Å². The van der Waals surface area contributed by atoms with E-state index in [1.54, 1.807) is 7.11 Å². The molecule has 0 aliphatic carbocycles. The molecule has 0 amide bonds. The number of nitrogens with zero attached hydrogens (tertiary/aromatic N) is 3. The van der Waals surface area contributed by atoms with Gasteiger partial charge in [0.1, 0.15) is 5.75 Å². The number of methoxy groups -OCH3 is 1. The van der Waals surface area contributed by atoms with E-state index in [4.69, 9.17) is 10.5 Å². The average molecular weight is 255 g/mol. The molecular weight excluding hydrogens is 242 g/mol. The Hall–Kier alpha value is -2.47. The summed E-state index contributed by atoms with van der Waals surface area (Å²) in [5.41, 5.74) is 7.10. The van der Waals surface area contributed by atoms with Crippen LogP contribution in [0.4, 0.5) is 0 Å². The molecule has 0 radical (unpaired) electrons. The van der Waals surface area contributed by atoms with Crippen LogP contribution in [-0.2, 0) is 0 Å². The highest BCUT2D eigenvalue weighted by molar-refractivity contribution is 5.88. The van der Waals surface area contributed by atoms with Gasteiger partial charge in [-0.05, 0) is 16.8 Å². The summed E-state index contributed by atoms with van der Waals surface area (Å²) in [4.78, 5) is 0. The maximum atomic E-state index is 6.24. The fourth-order valence-electron chi connectivity index (χ4n) is 2.20. The Morgan fingerprint density at radius 3 is 2.79 bits per heavy atom. The molecule has 1 aromatic heterocycles. The molecule has 0 aliphatic heterocycles. The zero-order valence-corrected chi connectivity index (χ0v) is 10.4. The molecule has 1 heterocycles. The first-order valence-corrected chi connectivity index (χ1v) is 5.86. The lowest BCUT2D eigenvalue weighted by Gasteiger charge is -2.15. The van der Waals surface area contributed by atoms with Crippen LogP contribution in [0.15, 0.2) is 36.4 Å². The van der Waals surface area contributed by atoms with Crippen LogP contribution in [0.25, 0.3) is 10.8 Å². The predicted molar refractivity (Wildman–Crippen MR) is 70.7 cm³/mol. The lowest BCUT2D eigenvalue weighted by Crippen LogP contribution is -2.15. The van der Waals surface area contributed by atoms with Crippen LogP contribution in [0.2, 0.25) is 0 Å².